The molecule has 1 amide bonds. The van der Waals surface area contributed by atoms with Crippen molar-refractivity contribution in [2.75, 3.05) is 5.32 Å². The van der Waals surface area contributed by atoms with Crippen molar-refractivity contribution in [1.29, 1.82) is 0 Å². The first-order valence-corrected chi connectivity index (χ1v) is 9.74. The van der Waals surface area contributed by atoms with Crippen LogP contribution >= 0.6 is 0 Å². The van der Waals surface area contributed by atoms with E-state index in [9.17, 15) is 13.6 Å². The maximum absolute atomic E-state index is 14.4. The van der Waals surface area contributed by atoms with Crippen LogP contribution in [-0.4, -0.2) is 35.9 Å². The number of carbonyl (C=O) groups is 1. The summed E-state index contributed by atoms with van der Waals surface area (Å²) in [7, 11) is 0. The molecule has 156 valence electrons. The molecule has 5 rings (SSSR count). The van der Waals surface area contributed by atoms with Crippen molar-refractivity contribution in [3.8, 4) is 11.4 Å². The number of rotatable bonds is 4. The lowest BCUT2D eigenvalue weighted by atomic mass is 10.2. The van der Waals surface area contributed by atoms with Gasteiger partial charge in [-0.05, 0) is 79.1 Å². The predicted octanol–water partition coefficient (Wildman–Crippen LogP) is 3.18. The lowest BCUT2D eigenvalue weighted by Gasteiger charge is -2.09. The number of amides is 1. The number of aromatic nitrogens is 6. The summed E-state index contributed by atoms with van der Waals surface area (Å²) in [6, 6.07) is 10.1. The second-order valence-electron chi connectivity index (χ2n) is 7.27. The number of benzene rings is 2. The van der Waals surface area contributed by atoms with E-state index < -0.39 is 11.7 Å². The molecule has 0 aliphatic heterocycles. The van der Waals surface area contributed by atoms with Crippen molar-refractivity contribution in [2.45, 2.75) is 26.2 Å². The Kier molecular flexibility index (Phi) is 4.54. The molecule has 10 heteroatoms. The third-order valence-corrected chi connectivity index (χ3v) is 5.28. The van der Waals surface area contributed by atoms with Crippen molar-refractivity contribution in [3.63, 3.8) is 0 Å². The Morgan fingerprint density at radius 3 is 2.55 bits per heavy atom. The minimum absolute atomic E-state index is 0.000444. The van der Waals surface area contributed by atoms with Crippen LogP contribution in [0.5, 0.6) is 0 Å². The van der Waals surface area contributed by atoms with Crippen LogP contribution in [0.2, 0.25) is 0 Å². The molecule has 2 aromatic heterocycles. The van der Waals surface area contributed by atoms with Crippen molar-refractivity contribution < 1.29 is 13.6 Å². The van der Waals surface area contributed by atoms with E-state index in [-0.39, 0.29) is 17.2 Å². The van der Waals surface area contributed by atoms with Gasteiger partial charge in [0.05, 0.1) is 17.1 Å². The van der Waals surface area contributed by atoms with Gasteiger partial charge >= 0.3 is 0 Å². The van der Waals surface area contributed by atoms with Crippen LogP contribution in [0.4, 0.5) is 14.5 Å². The average molecular weight is 421 g/mol. The number of tetrazole rings is 1. The smallest absolute Gasteiger partial charge is 0.276 e. The largest absolute Gasteiger partial charge is 0.318 e. The molecule has 0 saturated heterocycles. The van der Waals surface area contributed by atoms with Gasteiger partial charge in [-0.15, -0.1) is 5.10 Å². The number of nitrogens with zero attached hydrogens (tertiary/aromatic N) is 6. The Morgan fingerprint density at radius 2 is 1.81 bits per heavy atom. The van der Waals surface area contributed by atoms with Gasteiger partial charge in [-0.25, -0.2) is 13.5 Å². The number of carbonyl (C=O) groups excluding carboxylic acids is 1. The van der Waals surface area contributed by atoms with Gasteiger partial charge in [-0.1, -0.05) is 0 Å². The quantitative estimate of drug-likeness (QED) is 0.547. The Bertz CT molecular complexity index is 1290. The van der Waals surface area contributed by atoms with E-state index in [4.69, 9.17) is 0 Å². The summed E-state index contributed by atoms with van der Waals surface area (Å²) in [5.74, 6) is -0.917. The van der Waals surface area contributed by atoms with Crippen molar-refractivity contribution in [1.82, 2.24) is 30.0 Å². The molecule has 0 unspecified atom stereocenters. The first kappa shape index (κ1) is 19.0. The standard InChI is InChI=1S/C21H17F2N7O/c1-12-25-27-28-29(12)15-9-10-17(23)18(11-15)24-21(31)20-16-3-2-4-19(16)30(26-20)14-7-5-13(22)6-8-14/h5-11H,2-4H2,1H3,(H,24,31). The molecule has 1 aliphatic rings. The zero-order valence-electron chi connectivity index (χ0n) is 16.5. The highest BCUT2D eigenvalue weighted by atomic mass is 19.1. The highest BCUT2D eigenvalue weighted by Gasteiger charge is 2.27. The first-order valence-electron chi connectivity index (χ1n) is 9.74. The molecule has 4 aromatic rings. The van der Waals surface area contributed by atoms with Crippen molar-refractivity contribution in [2.24, 2.45) is 0 Å². The van der Waals surface area contributed by atoms with Crippen LogP contribution in [0, 0.1) is 18.6 Å². The SMILES string of the molecule is Cc1nnnn1-c1ccc(F)c(NC(=O)c2nn(-c3ccc(F)cc3)c3c2CCC3)c1. The van der Waals surface area contributed by atoms with Gasteiger partial charge in [0.25, 0.3) is 5.91 Å². The summed E-state index contributed by atoms with van der Waals surface area (Å²) in [5.41, 5.74) is 3.16. The number of halogens is 2. The molecule has 8 nitrogen and oxygen atoms in total. The minimum atomic E-state index is -0.586. The van der Waals surface area contributed by atoms with E-state index in [1.165, 1.54) is 35.0 Å². The molecule has 2 heterocycles. The second-order valence-corrected chi connectivity index (χ2v) is 7.27. The van der Waals surface area contributed by atoms with Gasteiger partial charge < -0.3 is 5.32 Å². The molecule has 0 fully saturated rings. The third kappa shape index (κ3) is 3.35. The van der Waals surface area contributed by atoms with Crippen LogP contribution in [0.1, 0.15) is 34.0 Å². The lowest BCUT2D eigenvalue weighted by Crippen LogP contribution is -2.16. The van der Waals surface area contributed by atoms with Crippen LogP contribution in [-0.2, 0) is 12.8 Å². The number of hydrogen-bond donors (Lipinski definition) is 1. The van der Waals surface area contributed by atoms with E-state index in [0.29, 0.717) is 23.6 Å². The van der Waals surface area contributed by atoms with Gasteiger partial charge in [0.15, 0.2) is 11.5 Å². The number of aryl methyl sites for hydroxylation is 1. The Labute approximate surface area is 175 Å². The van der Waals surface area contributed by atoms with Crippen molar-refractivity contribution in [3.05, 3.63) is 76.9 Å². The molecule has 2 aromatic carbocycles. The number of anilines is 1. The van der Waals surface area contributed by atoms with Gasteiger partial charge in [-0.2, -0.15) is 9.78 Å². The van der Waals surface area contributed by atoms with E-state index >= 15 is 0 Å². The Balaban J connectivity index is 1.49. The van der Waals surface area contributed by atoms with Crippen LogP contribution in [0.15, 0.2) is 42.5 Å². The van der Waals surface area contributed by atoms with Gasteiger partial charge in [0.2, 0.25) is 0 Å². The van der Waals surface area contributed by atoms with Gasteiger partial charge in [-0.3, -0.25) is 4.79 Å². The molecule has 31 heavy (non-hydrogen) atoms. The fourth-order valence-corrected chi connectivity index (χ4v) is 3.81. The van der Waals surface area contributed by atoms with Crippen LogP contribution in [0.25, 0.3) is 11.4 Å². The van der Waals surface area contributed by atoms with E-state index in [2.05, 4.69) is 25.9 Å². The summed E-state index contributed by atoms with van der Waals surface area (Å²) >= 11 is 0. The summed E-state index contributed by atoms with van der Waals surface area (Å²) < 4.78 is 30.8. The fraction of sp³-hybridized carbons (Fsp3) is 0.190. The Morgan fingerprint density at radius 1 is 1.03 bits per heavy atom. The summed E-state index contributed by atoms with van der Waals surface area (Å²) in [4.78, 5) is 13.0. The van der Waals surface area contributed by atoms with E-state index in [1.807, 2.05) is 0 Å². The monoisotopic (exact) mass is 421 g/mol. The van der Waals surface area contributed by atoms with E-state index in [0.717, 1.165) is 24.1 Å². The zero-order chi connectivity index (χ0) is 21.5. The highest BCUT2D eigenvalue weighted by molar-refractivity contribution is 6.04. The van der Waals surface area contributed by atoms with Gasteiger partial charge in [0.1, 0.15) is 11.6 Å². The summed E-state index contributed by atoms with van der Waals surface area (Å²) in [6.45, 7) is 1.72. The maximum Gasteiger partial charge on any atom is 0.276 e. The number of hydrogen-bond acceptors (Lipinski definition) is 5. The van der Waals surface area contributed by atoms with E-state index in [1.54, 1.807) is 23.7 Å². The molecular formula is C21H17F2N7O. The zero-order valence-corrected chi connectivity index (χ0v) is 16.5. The normalized spacial score (nSPS) is 12.7. The topological polar surface area (TPSA) is 90.5 Å². The highest BCUT2D eigenvalue weighted by Crippen LogP contribution is 2.29. The maximum atomic E-state index is 14.4. The molecule has 0 atom stereocenters. The lowest BCUT2D eigenvalue weighted by molar-refractivity contribution is 0.102. The second kappa shape index (κ2) is 7.38. The molecule has 0 spiro atoms. The molecule has 0 bridgehead atoms. The molecule has 0 radical (unpaired) electrons. The molecular weight excluding hydrogens is 404 g/mol. The van der Waals surface area contributed by atoms with Gasteiger partial charge in [0, 0.05) is 11.3 Å². The summed E-state index contributed by atoms with van der Waals surface area (Å²) in [5, 5.41) is 18.3. The predicted molar refractivity (Wildman–Crippen MR) is 107 cm³/mol. The minimum Gasteiger partial charge on any atom is -0.318 e. The number of nitrogens with one attached hydrogen (secondary N) is 1. The number of fused-ring (bicyclic) bond motifs is 1. The molecule has 1 N–H and O–H groups in total. The first-order chi connectivity index (χ1) is 15.0. The molecule has 1 aliphatic carbocycles. The fourth-order valence-electron chi connectivity index (χ4n) is 3.81. The third-order valence-electron chi connectivity index (χ3n) is 5.28. The average Bonchev–Trinajstić information content (AvgIpc) is 3.47. The van der Waals surface area contributed by atoms with Crippen molar-refractivity contribution >= 4 is 11.6 Å². The van der Waals surface area contributed by atoms with Crippen LogP contribution < -0.4 is 5.32 Å². The molecule has 0 saturated carbocycles. The Hall–Kier alpha value is -3.95. The van der Waals surface area contributed by atoms with Crippen LogP contribution in [0.3, 0.4) is 0 Å². The summed E-state index contributed by atoms with van der Waals surface area (Å²) in [6.07, 6.45) is 2.35.